The van der Waals surface area contributed by atoms with Crippen LogP contribution in [0.2, 0.25) is 0 Å². The van der Waals surface area contributed by atoms with Crippen molar-refractivity contribution >= 4 is 0 Å². The molecule has 2 rings (SSSR count). The molecular weight excluding hydrogens is 260 g/mol. The van der Waals surface area contributed by atoms with Crippen molar-refractivity contribution < 1.29 is 13.5 Å². The van der Waals surface area contributed by atoms with E-state index in [1.165, 1.54) is 6.07 Å². The largest absolute Gasteiger partial charge is 0.497 e. The van der Waals surface area contributed by atoms with Gasteiger partial charge in [-0.05, 0) is 30.7 Å². The average Bonchev–Trinajstić information content (AvgIpc) is 2.48. The highest BCUT2D eigenvalue weighted by Gasteiger charge is 2.10. The van der Waals surface area contributed by atoms with E-state index in [0.29, 0.717) is 5.56 Å². The van der Waals surface area contributed by atoms with Crippen LogP contribution in [0.5, 0.6) is 5.75 Å². The summed E-state index contributed by atoms with van der Waals surface area (Å²) < 4.78 is 31.7. The quantitative estimate of drug-likeness (QED) is 0.897. The molecule has 1 atom stereocenters. The summed E-state index contributed by atoms with van der Waals surface area (Å²) in [5.41, 5.74) is 1.38. The predicted molar refractivity (Wildman–Crippen MR) is 74.6 cm³/mol. The molecule has 0 aliphatic carbocycles. The molecule has 0 fully saturated rings. The third kappa shape index (κ3) is 3.33. The van der Waals surface area contributed by atoms with Gasteiger partial charge in [0.1, 0.15) is 5.75 Å². The molecule has 2 aromatic carbocycles. The van der Waals surface area contributed by atoms with Gasteiger partial charge in [-0.15, -0.1) is 0 Å². The molecule has 0 spiro atoms. The van der Waals surface area contributed by atoms with Gasteiger partial charge in [0.05, 0.1) is 7.11 Å². The second kappa shape index (κ2) is 6.48. The van der Waals surface area contributed by atoms with Crippen LogP contribution >= 0.6 is 0 Å². The minimum Gasteiger partial charge on any atom is -0.497 e. The molecule has 0 amide bonds. The molecule has 0 aliphatic heterocycles. The zero-order valence-electron chi connectivity index (χ0n) is 11.5. The van der Waals surface area contributed by atoms with Crippen LogP contribution in [0.25, 0.3) is 0 Å². The van der Waals surface area contributed by atoms with Gasteiger partial charge in [-0.3, -0.25) is 0 Å². The first-order valence-electron chi connectivity index (χ1n) is 6.42. The number of halogens is 2. The summed E-state index contributed by atoms with van der Waals surface area (Å²) in [6.45, 7) is 2.25. The van der Waals surface area contributed by atoms with E-state index >= 15 is 0 Å². The highest BCUT2D eigenvalue weighted by Crippen LogP contribution is 2.18. The van der Waals surface area contributed by atoms with E-state index in [0.717, 1.165) is 17.4 Å². The highest BCUT2D eigenvalue weighted by atomic mass is 19.2. The Bertz CT molecular complexity index is 569. The van der Waals surface area contributed by atoms with Gasteiger partial charge < -0.3 is 10.1 Å². The molecule has 4 heteroatoms. The smallest absolute Gasteiger partial charge is 0.163 e. The second-order valence-corrected chi connectivity index (χ2v) is 4.59. The highest BCUT2D eigenvalue weighted by molar-refractivity contribution is 5.29. The lowest BCUT2D eigenvalue weighted by atomic mass is 10.1. The number of hydrogen-bond acceptors (Lipinski definition) is 2. The lowest BCUT2D eigenvalue weighted by Gasteiger charge is -2.15. The lowest BCUT2D eigenvalue weighted by molar-refractivity contribution is 0.414. The molecule has 0 saturated heterocycles. The van der Waals surface area contributed by atoms with Crippen molar-refractivity contribution in [3.8, 4) is 5.75 Å². The topological polar surface area (TPSA) is 21.3 Å². The maximum atomic E-state index is 13.5. The number of ether oxygens (including phenoxy) is 1. The first kappa shape index (κ1) is 14.5. The molecule has 0 radical (unpaired) electrons. The van der Waals surface area contributed by atoms with Crippen molar-refractivity contribution in [1.82, 2.24) is 5.32 Å². The maximum Gasteiger partial charge on any atom is 0.163 e. The fourth-order valence-corrected chi connectivity index (χ4v) is 1.96. The molecule has 0 aromatic heterocycles. The van der Waals surface area contributed by atoms with Gasteiger partial charge in [-0.25, -0.2) is 8.78 Å². The minimum absolute atomic E-state index is 0.0311. The summed E-state index contributed by atoms with van der Waals surface area (Å²) in [7, 11) is 1.61. The van der Waals surface area contributed by atoms with Crippen LogP contribution in [0.15, 0.2) is 42.5 Å². The summed E-state index contributed by atoms with van der Waals surface area (Å²) in [4.78, 5) is 0. The van der Waals surface area contributed by atoms with Crippen LogP contribution in [-0.4, -0.2) is 7.11 Å². The van der Waals surface area contributed by atoms with E-state index in [2.05, 4.69) is 5.32 Å². The van der Waals surface area contributed by atoms with E-state index in [1.807, 2.05) is 31.2 Å². The number of benzene rings is 2. The zero-order valence-corrected chi connectivity index (χ0v) is 11.5. The SMILES string of the molecule is COc1ccc([C@@H](C)NCc2cccc(F)c2F)cc1. The number of methoxy groups -OCH3 is 1. The van der Waals surface area contributed by atoms with E-state index < -0.39 is 11.6 Å². The molecule has 106 valence electrons. The van der Waals surface area contributed by atoms with Crippen LogP contribution in [0, 0.1) is 11.6 Å². The molecule has 2 nitrogen and oxygen atoms in total. The van der Waals surface area contributed by atoms with Crippen LogP contribution in [0.1, 0.15) is 24.1 Å². The molecule has 2 aromatic rings. The average molecular weight is 277 g/mol. The number of nitrogens with one attached hydrogen (secondary N) is 1. The molecular formula is C16H17F2NO. The van der Waals surface area contributed by atoms with Gasteiger partial charge in [-0.2, -0.15) is 0 Å². The molecule has 0 saturated carbocycles. The Balaban J connectivity index is 2.00. The second-order valence-electron chi connectivity index (χ2n) is 4.59. The van der Waals surface area contributed by atoms with Crippen LogP contribution in [0.4, 0.5) is 8.78 Å². The fraction of sp³-hybridized carbons (Fsp3) is 0.250. The van der Waals surface area contributed by atoms with Crippen molar-refractivity contribution in [3.05, 3.63) is 65.2 Å². The van der Waals surface area contributed by atoms with E-state index in [-0.39, 0.29) is 12.6 Å². The van der Waals surface area contributed by atoms with Crippen LogP contribution in [0.3, 0.4) is 0 Å². The molecule has 20 heavy (non-hydrogen) atoms. The molecule has 0 heterocycles. The minimum atomic E-state index is -0.818. The predicted octanol–water partition coefficient (Wildman–Crippen LogP) is 3.82. The van der Waals surface area contributed by atoms with Gasteiger partial charge in [0.2, 0.25) is 0 Å². The van der Waals surface area contributed by atoms with Gasteiger partial charge in [0.25, 0.3) is 0 Å². The Morgan fingerprint density at radius 1 is 1.10 bits per heavy atom. The summed E-state index contributed by atoms with van der Waals surface area (Å²) in [5, 5.41) is 3.17. The van der Waals surface area contributed by atoms with Crippen molar-refractivity contribution in [1.29, 1.82) is 0 Å². The van der Waals surface area contributed by atoms with E-state index in [9.17, 15) is 8.78 Å². The Labute approximate surface area is 117 Å². The van der Waals surface area contributed by atoms with E-state index in [1.54, 1.807) is 13.2 Å². The Morgan fingerprint density at radius 2 is 1.80 bits per heavy atom. The van der Waals surface area contributed by atoms with Gasteiger partial charge in [0, 0.05) is 18.2 Å². The first-order valence-corrected chi connectivity index (χ1v) is 6.42. The Hall–Kier alpha value is -1.94. The maximum absolute atomic E-state index is 13.5. The first-order chi connectivity index (χ1) is 9.61. The number of rotatable bonds is 5. The van der Waals surface area contributed by atoms with Crippen LogP contribution < -0.4 is 10.1 Å². The van der Waals surface area contributed by atoms with Gasteiger partial charge in [-0.1, -0.05) is 24.3 Å². The summed E-state index contributed by atoms with van der Waals surface area (Å²) in [6.07, 6.45) is 0. The van der Waals surface area contributed by atoms with Crippen LogP contribution in [-0.2, 0) is 6.54 Å². The van der Waals surface area contributed by atoms with Crippen molar-refractivity contribution in [2.75, 3.05) is 7.11 Å². The third-order valence-electron chi connectivity index (χ3n) is 3.25. The fourth-order valence-electron chi connectivity index (χ4n) is 1.96. The normalized spacial score (nSPS) is 12.2. The van der Waals surface area contributed by atoms with Gasteiger partial charge >= 0.3 is 0 Å². The van der Waals surface area contributed by atoms with Gasteiger partial charge in [0.15, 0.2) is 11.6 Å². The monoisotopic (exact) mass is 277 g/mol. The lowest BCUT2D eigenvalue weighted by Crippen LogP contribution is -2.19. The van der Waals surface area contributed by atoms with Crippen molar-refractivity contribution in [2.45, 2.75) is 19.5 Å². The third-order valence-corrected chi connectivity index (χ3v) is 3.25. The van der Waals surface area contributed by atoms with Crippen molar-refractivity contribution in [2.24, 2.45) is 0 Å². The Morgan fingerprint density at radius 3 is 2.45 bits per heavy atom. The molecule has 1 N–H and O–H groups in total. The summed E-state index contributed by atoms with van der Waals surface area (Å²) in [5.74, 6) is -0.819. The van der Waals surface area contributed by atoms with E-state index in [4.69, 9.17) is 4.74 Å². The summed E-state index contributed by atoms with van der Waals surface area (Å²) in [6, 6.07) is 11.9. The number of hydrogen-bond donors (Lipinski definition) is 1. The molecule has 0 aliphatic rings. The molecule has 0 bridgehead atoms. The van der Waals surface area contributed by atoms with Crippen molar-refractivity contribution in [3.63, 3.8) is 0 Å². The summed E-state index contributed by atoms with van der Waals surface area (Å²) >= 11 is 0. The zero-order chi connectivity index (χ0) is 14.5. The Kier molecular flexibility index (Phi) is 4.69. The standard InChI is InChI=1S/C16H17F2NO/c1-11(12-6-8-14(20-2)9-7-12)19-10-13-4-3-5-15(17)16(13)18/h3-9,11,19H,10H2,1-2H3/t11-/m1/s1. The molecule has 0 unspecified atom stereocenters.